The number of amides is 2. The number of carbonyl (C=O) groups is 1. The summed E-state index contributed by atoms with van der Waals surface area (Å²) < 4.78 is 5.43. The normalized spacial score (nSPS) is 9.84. The highest BCUT2D eigenvalue weighted by Gasteiger charge is 2.12. The van der Waals surface area contributed by atoms with Gasteiger partial charge in [0.2, 0.25) is 0 Å². The van der Waals surface area contributed by atoms with Gasteiger partial charge in [-0.05, 0) is 19.9 Å². The fourth-order valence-corrected chi connectivity index (χ4v) is 1.44. The second-order valence-corrected chi connectivity index (χ2v) is 4.46. The Morgan fingerprint density at radius 1 is 1.47 bits per heavy atom. The third kappa shape index (κ3) is 4.55. The number of para-hydroxylation sites is 1. The molecule has 4 heteroatoms. The molecule has 4 nitrogen and oxygen atoms in total. The van der Waals surface area contributed by atoms with E-state index in [2.05, 4.69) is 11.2 Å². The highest BCUT2D eigenvalue weighted by molar-refractivity contribution is 5.74. The zero-order valence-electron chi connectivity index (χ0n) is 11.6. The van der Waals surface area contributed by atoms with Crippen molar-refractivity contribution in [1.29, 1.82) is 0 Å². The number of nitrogens with zero attached hydrogens (tertiary/aromatic N) is 1. The lowest BCUT2D eigenvalue weighted by Gasteiger charge is -2.22. The van der Waals surface area contributed by atoms with Gasteiger partial charge in [-0.25, -0.2) is 4.79 Å². The van der Waals surface area contributed by atoms with Crippen LogP contribution >= 0.6 is 0 Å². The Labute approximate surface area is 114 Å². The van der Waals surface area contributed by atoms with Crippen LogP contribution in [0.4, 0.5) is 4.79 Å². The van der Waals surface area contributed by atoms with E-state index in [0.29, 0.717) is 12.3 Å². The van der Waals surface area contributed by atoms with Crippen molar-refractivity contribution in [2.24, 2.45) is 0 Å². The number of terminal acetylenes is 1. The Bertz CT molecular complexity index is 463. The quantitative estimate of drug-likeness (QED) is 0.825. The molecule has 0 spiro atoms. The number of hydrogen-bond donors (Lipinski definition) is 1. The van der Waals surface area contributed by atoms with Crippen LogP contribution in [-0.4, -0.2) is 30.6 Å². The van der Waals surface area contributed by atoms with E-state index in [-0.39, 0.29) is 18.7 Å². The van der Waals surface area contributed by atoms with Gasteiger partial charge in [0.1, 0.15) is 12.4 Å². The molecule has 1 aromatic carbocycles. The molecular formula is C15H20N2O2. The topological polar surface area (TPSA) is 41.6 Å². The van der Waals surface area contributed by atoms with E-state index >= 15 is 0 Å². The van der Waals surface area contributed by atoms with Gasteiger partial charge in [-0.1, -0.05) is 24.1 Å². The molecule has 0 saturated heterocycles. The number of ether oxygens (including phenoxy) is 1. The minimum absolute atomic E-state index is 0.109. The first-order chi connectivity index (χ1) is 9.06. The molecule has 0 atom stereocenters. The van der Waals surface area contributed by atoms with Crippen molar-refractivity contribution in [3.8, 4) is 18.1 Å². The maximum Gasteiger partial charge on any atom is 0.317 e. The summed E-state index contributed by atoms with van der Waals surface area (Å²) in [7, 11) is 1.76. The summed E-state index contributed by atoms with van der Waals surface area (Å²) >= 11 is 0. The number of nitrogens with one attached hydrogen (secondary N) is 1. The molecule has 1 aromatic rings. The van der Waals surface area contributed by atoms with Crippen LogP contribution in [0, 0.1) is 12.3 Å². The predicted octanol–water partition coefficient (Wildman–Crippen LogP) is 2.25. The lowest BCUT2D eigenvalue weighted by atomic mass is 10.2. The first-order valence-electron chi connectivity index (χ1n) is 6.21. The molecule has 19 heavy (non-hydrogen) atoms. The van der Waals surface area contributed by atoms with Gasteiger partial charge in [0.25, 0.3) is 0 Å². The van der Waals surface area contributed by atoms with Crippen LogP contribution in [0.3, 0.4) is 0 Å². The number of urea groups is 1. The van der Waals surface area contributed by atoms with Gasteiger partial charge in [0.15, 0.2) is 0 Å². The zero-order valence-corrected chi connectivity index (χ0v) is 11.6. The third-order valence-corrected chi connectivity index (χ3v) is 2.81. The van der Waals surface area contributed by atoms with E-state index in [1.807, 2.05) is 38.1 Å². The maximum absolute atomic E-state index is 11.8. The van der Waals surface area contributed by atoms with Gasteiger partial charge in [-0.3, -0.25) is 0 Å². The number of rotatable bonds is 5. The van der Waals surface area contributed by atoms with Gasteiger partial charge in [-0.15, -0.1) is 6.42 Å². The second kappa shape index (κ2) is 7.32. The van der Waals surface area contributed by atoms with Crippen LogP contribution < -0.4 is 10.1 Å². The Balaban J connectivity index is 2.62. The van der Waals surface area contributed by atoms with E-state index in [4.69, 9.17) is 11.2 Å². The van der Waals surface area contributed by atoms with Crippen molar-refractivity contribution < 1.29 is 9.53 Å². The summed E-state index contributed by atoms with van der Waals surface area (Å²) in [4.78, 5) is 13.5. The molecule has 0 saturated carbocycles. The smallest absolute Gasteiger partial charge is 0.317 e. The number of carbonyl (C=O) groups excluding carboxylic acids is 1. The summed E-state index contributed by atoms with van der Waals surface area (Å²) in [6.45, 7) is 4.56. The SMILES string of the molecule is C#CCOc1ccccc1CNC(=O)N(C)C(C)C. The molecule has 0 radical (unpaired) electrons. The van der Waals surface area contributed by atoms with Gasteiger partial charge in [-0.2, -0.15) is 0 Å². The first-order valence-corrected chi connectivity index (χ1v) is 6.21. The molecule has 0 aromatic heterocycles. The second-order valence-electron chi connectivity index (χ2n) is 4.46. The van der Waals surface area contributed by atoms with E-state index < -0.39 is 0 Å². The van der Waals surface area contributed by atoms with Crippen molar-refractivity contribution in [2.45, 2.75) is 26.4 Å². The van der Waals surface area contributed by atoms with E-state index in [1.165, 1.54) is 0 Å². The molecule has 1 N–H and O–H groups in total. The molecule has 0 aliphatic heterocycles. The van der Waals surface area contributed by atoms with Crippen molar-refractivity contribution in [3.05, 3.63) is 29.8 Å². The van der Waals surface area contributed by atoms with Crippen LogP contribution in [0.2, 0.25) is 0 Å². The van der Waals surface area contributed by atoms with E-state index in [9.17, 15) is 4.79 Å². The molecule has 0 aliphatic carbocycles. The third-order valence-electron chi connectivity index (χ3n) is 2.81. The minimum Gasteiger partial charge on any atom is -0.481 e. The van der Waals surface area contributed by atoms with Gasteiger partial charge >= 0.3 is 6.03 Å². The van der Waals surface area contributed by atoms with Gasteiger partial charge in [0, 0.05) is 25.2 Å². The summed E-state index contributed by atoms with van der Waals surface area (Å²) in [5.41, 5.74) is 0.906. The lowest BCUT2D eigenvalue weighted by Crippen LogP contribution is -2.40. The lowest BCUT2D eigenvalue weighted by molar-refractivity contribution is 0.197. The standard InChI is InChI=1S/C15H20N2O2/c1-5-10-19-14-9-7-6-8-13(14)11-16-15(18)17(4)12(2)3/h1,6-9,12H,10-11H2,2-4H3,(H,16,18). The molecule has 102 valence electrons. The average molecular weight is 260 g/mol. The summed E-state index contributed by atoms with van der Waals surface area (Å²) in [6, 6.07) is 7.56. The Morgan fingerprint density at radius 2 is 2.16 bits per heavy atom. The fraction of sp³-hybridized carbons (Fsp3) is 0.400. The zero-order chi connectivity index (χ0) is 14.3. The van der Waals surface area contributed by atoms with Crippen molar-refractivity contribution in [1.82, 2.24) is 10.2 Å². The van der Waals surface area contributed by atoms with Gasteiger partial charge < -0.3 is 15.0 Å². The van der Waals surface area contributed by atoms with Crippen molar-refractivity contribution in [2.75, 3.05) is 13.7 Å². The average Bonchev–Trinajstić information content (AvgIpc) is 2.42. The summed E-state index contributed by atoms with van der Waals surface area (Å²) in [6.07, 6.45) is 5.17. The Hall–Kier alpha value is -2.15. The molecule has 0 fully saturated rings. The maximum atomic E-state index is 11.8. The van der Waals surface area contributed by atoms with Crippen LogP contribution in [0.1, 0.15) is 19.4 Å². The van der Waals surface area contributed by atoms with Crippen LogP contribution in [0.5, 0.6) is 5.75 Å². The Kier molecular flexibility index (Phi) is 5.74. The highest BCUT2D eigenvalue weighted by atomic mass is 16.5. The molecule has 0 unspecified atom stereocenters. The minimum atomic E-state index is -0.109. The van der Waals surface area contributed by atoms with E-state index in [1.54, 1.807) is 11.9 Å². The number of hydrogen-bond acceptors (Lipinski definition) is 2. The molecular weight excluding hydrogens is 240 g/mol. The van der Waals surface area contributed by atoms with Crippen LogP contribution in [0.15, 0.2) is 24.3 Å². The summed E-state index contributed by atoms with van der Waals surface area (Å²) in [5.74, 6) is 3.13. The van der Waals surface area contributed by atoms with Crippen molar-refractivity contribution >= 4 is 6.03 Å². The summed E-state index contributed by atoms with van der Waals surface area (Å²) in [5, 5.41) is 2.85. The monoisotopic (exact) mass is 260 g/mol. The first kappa shape index (κ1) is 14.9. The number of benzene rings is 1. The molecule has 0 bridgehead atoms. The largest absolute Gasteiger partial charge is 0.481 e. The van der Waals surface area contributed by atoms with E-state index in [0.717, 1.165) is 5.56 Å². The van der Waals surface area contributed by atoms with Crippen molar-refractivity contribution in [3.63, 3.8) is 0 Å². The van der Waals surface area contributed by atoms with Crippen LogP contribution in [0.25, 0.3) is 0 Å². The molecule has 0 heterocycles. The van der Waals surface area contributed by atoms with Crippen LogP contribution in [-0.2, 0) is 6.54 Å². The Morgan fingerprint density at radius 3 is 2.79 bits per heavy atom. The molecule has 0 aliphatic rings. The predicted molar refractivity (Wildman–Crippen MR) is 75.9 cm³/mol. The highest BCUT2D eigenvalue weighted by Crippen LogP contribution is 2.17. The van der Waals surface area contributed by atoms with Gasteiger partial charge in [0.05, 0.1) is 0 Å². The fourth-order valence-electron chi connectivity index (χ4n) is 1.44. The molecule has 2 amide bonds. The molecule has 1 rings (SSSR count).